The molecule has 0 aliphatic carbocycles. The molecule has 0 aromatic carbocycles. The van der Waals surface area contributed by atoms with E-state index in [1.165, 1.54) is 0 Å². The quantitative estimate of drug-likeness (QED) is 0.861. The number of carbonyl (C=O) groups is 1. The summed E-state index contributed by atoms with van der Waals surface area (Å²) < 4.78 is 0. The Morgan fingerprint density at radius 3 is 3.12 bits per heavy atom. The van der Waals surface area contributed by atoms with Crippen LogP contribution in [0, 0.1) is 5.92 Å². The first-order valence-corrected chi connectivity index (χ1v) is 6.10. The Morgan fingerprint density at radius 1 is 1.65 bits per heavy atom. The van der Waals surface area contributed by atoms with Gasteiger partial charge in [0.15, 0.2) is 0 Å². The number of carboxylic acids is 1. The highest BCUT2D eigenvalue weighted by atomic mass is 16.4. The van der Waals surface area contributed by atoms with Crippen LogP contribution in [0.2, 0.25) is 0 Å². The van der Waals surface area contributed by atoms with Crippen molar-refractivity contribution >= 4 is 5.97 Å². The fourth-order valence-corrected chi connectivity index (χ4v) is 2.44. The van der Waals surface area contributed by atoms with Crippen LogP contribution in [-0.4, -0.2) is 40.6 Å². The van der Waals surface area contributed by atoms with Crippen molar-refractivity contribution in [3.63, 3.8) is 0 Å². The molecule has 0 radical (unpaired) electrons. The molecule has 1 N–H and O–H groups in total. The molecule has 0 bridgehead atoms. The predicted molar refractivity (Wildman–Crippen MR) is 65.1 cm³/mol. The first-order chi connectivity index (χ1) is 8.20. The van der Waals surface area contributed by atoms with Gasteiger partial charge in [0.25, 0.3) is 0 Å². The largest absolute Gasteiger partial charge is 0.478 e. The second-order valence-corrected chi connectivity index (χ2v) is 4.55. The van der Waals surface area contributed by atoms with E-state index in [0.717, 1.165) is 38.2 Å². The molecule has 1 aliphatic rings. The van der Waals surface area contributed by atoms with Gasteiger partial charge >= 0.3 is 5.97 Å². The number of hydrogen-bond donors (Lipinski definition) is 1. The maximum absolute atomic E-state index is 11.1. The predicted octanol–water partition coefficient (Wildman–Crippen LogP) is 1.66. The molecule has 1 fully saturated rings. The molecule has 0 saturated carbocycles. The summed E-state index contributed by atoms with van der Waals surface area (Å²) in [4.78, 5) is 17.7. The smallest absolute Gasteiger partial charge is 0.337 e. The zero-order valence-electron chi connectivity index (χ0n) is 10.1. The lowest BCUT2D eigenvalue weighted by atomic mass is 9.99. The summed E-state index contributed by atoms with van der Waals surface area (Å²) in [6.45, 7) is 5.42. The van der Waals surface area contributed by atoms with Crippen LogP contribution in [0.3, 0.4) is 0 Å². The van der Waals surface area contributed by atoms with Crippen molar-refractivity contribution in [3.05, 3.63) is 29.6 Å². The molecule has 92 valence electrons. The maximum atomic E-state index is 11.1. The molecular weight excluding hydrogens is 216 g/mol. The lowest BCUT2D eigenvalue weighted by molar-refractivity contribution is 0.0695. The molecule has 0 spiro atoms. The average Bonchev–Trinajstić information content (AvgIpc) is 2.77. The van der Waals surface area contributed by atoms with E-state index in [2.05, 4.69) is 16.8 Å². The zero-order chi connectivity index (χ0) is 12.3. The van der Waals surface area contributed by atoms with Crippen molar-refractivity contribution in [3.8, 4) is 0 Å². The van der Waals surface area contributed by atoms with E-state index in [9.17, 15) is 4.79 Å². The van der Waals surface area contributed by atoms with E-state index in [4.69, 9.17) is 5.11 Å². The number of pyridine rings is 1. The Bertz CT molecular complexity index is 406. The summed E-state index contributed by atoms with van der Waals surface area (Å²) >= 11 is 0. The van der Waals surface area contributed by atoms with Crippen LogP contribution < -0.4 is 0 Å². The van der Waals surface area contributed by atoms with Crippen molar-refractivity contribution in [2.24, 2.45) is 5.92 Å². The van der Waals surface area contributed by atoms with Gasteiger partial charge in [-0.1, -0.05) is 6.92 Å². The van der Waals surface area contributed by atoms with Gasteiger partial charge in [-0.3, -0.25) is 4.98 Å². The molecule has 4 nitrogen and oxygen atoms in total. The summed E-state index contributed by atoms with van der Waals surface area (Å²) in [7, 11) is 0. The second-order valence-electron chi connectivity index (χ2n) is 4.55. The van der Waals surface area contributed by atoms with Crippen LogP contribution >= 0.6 is 0 Å². The molecule has 1 aromatic rings. The van der Waals surface area contributed by atoms with Crippen molar-refractivity contribution in [2.75, 3.05) is 19.6 Å². The Hall–Kier alpha value is -1.42. The SMILES string of the molecule is CCN1CCC(Cc2ncccc2C(=O)O)C1. The van der Waals surface area contributed by atoms with Gasteiger partial charge < -0.3 is 10.0 Å². The Labute approximate surface area is 101 Å². The Balaban J connectivity index is 2.06. The number of rotatable bonds is 4. The second kappa shape index (κ2) is 5.27. The first kappa shape index (κ1) is 12.0. The highest BCUT2D eigenvalue weighted by Gasteiger charge is 2.23. The third-order valence-electron chi connectivity index (χ3n) is 3.42. The van der Waals surface area contributed by atoms with Gasteiger partial charge in [-0.25, -0.2) is 4.79 Å². The third kappa shape index (κ3) is 2.82. The van der Waals surface area contributed by atoms with Crippen molar-refractivity contribution in [1.29, 1.82) is 0 Å². The fourth-order valence-electron chi connectivity index (χ4n) is 2.44. The van der Waals surface area contributed by atoms with Gasteiger partial charge in [0, 0.05) is 12.7 Å². The van der Waals surface area contributed by atoms with E-state index in [1.807, 2.05) is 0 Å². The number of aromatic nitrogens is 1. The molecule has 1 unspecified atom stereocenters. The van der Waals surface area contributed by atoms with E-state index in [-0.39, 0.29) is 0 Å². The molecule has 2 rings (SSSR count). The van der Waals surface area contributed by atoms with Crippen LogP contribution in [0.4, 0.5) is 0 Å². The number of aromatic carboxylic acids is 1. The number of likely N-dealkylation sites (tertiary alicyclic amines) is 1. The van der Waals surface area contributed by atoms with Crippen molar-refractivity contribution in [2.45, 2.75) is 19.8 Å². The highest BCUT2D eigenvalue weighted by Crippen LogP contribution is 2.21. The van der Waals surface area contributed by atoms with Crippen LogP contribution in [0.25, 0.3) is 0 Å². The van der Waals surface area contributed by atoms with Gasteiger partial charge in [-0.15, -0.1) is 0 Å². The average molecular weight is 234 g/mol. The fraction of sp³-hybridized carbons (Fsp3) is 0.538. The van der Waals surface area contributed by atoms with Gasteiger partial charge in [0.05, 0.1) is 11.3 Å². The van der Waals surface area contributed by atoms with Crippen molar-refractivity contribution < 1.29 is 9.90 Å². The van der Waals surface area contributed by atoms with Gasteiger partial charge in [0.1, 0.15) is 0 Å². The summed E-state index contributed by atoms with van der Waals surface area (Å²) in [5.74, 6) is -0.332. The minimum absolute atomic E-state index is 0.349. The lowest BCUT2D eigenvalue weighted by Crippen LogP contribution is -2.20. The number of hydrogen-bond acceptors (Lipinski definition) is 3. The van der Waals surface area contributed by atoms with Crippen LogP contribution in [0.5, 0.6) is 0 Å². The Kier molecular flexibility index (Phi) is 3.74. The standard InChI is InChI=1S/C13H18N2O2/c1-2-15-7-5-10(9-15)8-12-11(13(16)17)4-3-6-14-12/h3-4,6,10H,2,5,7-9H2,1H3,(H,16,17). The van der Waals surface area contributed by atoms with Gasteiger partial charge in [-0.05, 0) is 44.0 Å². The highest BCUT2D eigenvalue weighted by molar-refractivity contribution is 5.88. The molecule has 1 aliphatic heterocycles. The van der Waals surface area contributed by atoms with Crippen LogP contribution in [0.1, 0.15) is 29.4 Å². The molecule has 2 heterocycles. The molecule has 0 amide bonds. The zero-order valence-corrected chi connectivity index (χ0v) is 10.1. The van der Waals surface area contributed by atoms with E-state index in [0.29, 0.717) is 11.5 Å². The number of carboxylic acid groups (broad SMARTS) is 1. The minimum atomic E-state index is -0.876. The molecule has 1 atom stereocenters. The normalized spacial score (nSPS) is 20.6. The van der Waals surface area contributed by atoms with E-state index >= 15 is 0 Å². The monoisotopic (exact) mass is 234 g/mol. The molecule has 1 saturated heterocycles. The van der Waals surface area contributed by atoms with Crippen LogP contribution in [-0.2, 0) is 6.42 Å². The molecular formula is C13H18N2O2. The molecule has 1 aromatic heterocycles. The summed E-state index contributed by atoms with van der Waals surface area (Å²) in [6.07, 6.45) is 3.59. The number of nitrogens with zero attached hydrogens (tertiary/aromatic N) is 2. The van der Waals surface area contributed by atoms with Crippen molar-refractivity contribution in [1.82, 2.24) is 9.88 Å². The topological polar surface area (TPSA) is 53.4 Å². The molecule has 4 heteroatoms. The van der Waals surface area contributed by atoms with Gasteiger partial charge in [0.2, 0.25) is 0 Å². The minimum Gasteiger partial charge on any atom is -0.478 e. The lowest BCUT2D eigenvalue weighted by Gasteiger charge is -2.13. The third-order valence-corrected chi connectivity index (χ3v) is 3.42. The summed E-state index contributed by atoms with van der Waals surface area (Å²) in [5.41, 5.74) is 1.07. The molecule has 17 heavy (non-hydrogen) atoms. The first-order valence-electron chi connectivity index (χ1n) is 6.10. The van der Waals surface area contributed by atoms with Crippen LogP contribution in [0.15, 0.2) is 18.3 Å². The summed E-state index contributed by atoms with van der Waals surface area (Å²) in [5, 5.41) is 9.09. The van der Waals surface area contributed by atoms with Gasteiger partial charge in [-0.2, -0.15) is 0 Å². The summed E-state index contributed by atoms with van der Waals surface area (Å²) in [6, 6.07) is 3.32. The van der Waals surface area contributed by atoms with E-state index in [1.54, 1.807) is 18.3 Å². The maximum Gasteiger partial charge on any atom is 0.337 e. The Morgan fingerprint density at radius 2 is 2.47 bits per heavy atom. The van der Waals surface area contributed by atoms with E-state index < -0.39 is 5.97 Å².